The Labute approximate surface area is 113 Å². The molecule has 1 aliphatic rings. The molecule has 0 fully saturated rings. The van der Waals surface area contributed by atoms with Crippen molar-refractivity contribution in [2.75, 3.05) is 0 Å². The summed E-state index contributed by atoms with van der Waals surface area (Å²) < 4.78 is 4.23. The Balaban J connectivity index is 2.24. The van der Waals surface area contributed by atoms with Crippen LogP contribution in [0.5, 0.6) is 0 Å². The van der Waals surface area contributed by atoms with Crippen LogP contribution in [0.2, 0.25) is 0 Å². The van der Waals surface area contributed by atoms with E-state index in [-0.39, 0.29) is 0 Å². The van der Waals surface area contributed by atoms with Crippen LogP contribution in [0.1, 0.15) is 11.1 Å². The highest BCUT2D eigenvalue weighted by atomic mass is 15.1. The zero-order valence-corrected chi connectivity index (χ0v) is 11.2. The standard InChI is InChI=1S/C17H17N2/c1-14-7-3-6-10-16(14)17(15-8-4-5-9-15)19-12-11-18(2)13-19/h3-13H,1-2H3/q+1. The van der Waals surface area contributed by atoms with E-state index in [0.29, 0.717) is 0 Å². The molecule has 0 unspecified atom stereocenters. The van der Waals surface area contributed by atoms with Crippen molar-refractivity contribution in [1.82, 2.24) is 4.57 Å². The molecule has 1 aromatic carbocycles. The molecule has 1 aliphatic carbocycles. The van der Waals surface area contributed by atoms with Crippen LogP contribution in [-0.4, -0.2) is 4.57 Å². The lowest BCUT2D eigenvalue weighted by Crippen LogP contribution is -2.23. The van der Waals surface area contributed by atoms with Crippen LogP contribution in [0, 0.1) is 6.92 Å². The van der Waals surface area contributed by atoms with Gasteiger partial charge in [0.2, 0.25) is 6.33 Å². The minimum atomic E-state index is 1.23. The van der Waals surface area contributed by atoms with Gasteiger partial charge in [0.25, 0.3) is 0 Å². The molecule has 0 radical (unpaired) electrons. The molecule has 94 valence electrons. The molecule has 0 amide bonds. The molecule has 0 bridgehead atoms. The highest BCUT2D eigenvalue weighted by Crippen LogP contribution is 2.26. The summed E-state index contributed by atoms with van der Waals surface area (Å²) in [4.78, 5) is 0. The maximum Gasteiger partial charge on any atom is 0.248 e. The van der Waals surface area contributed by atoms with Crippen molar-refractivity contribution in [2.45, 2.75) is 6.92 Å². The first-order valence-electron chi connectivity index (χ1n) is 6.44. The van der Waals surface area contributed by atoms with Crippen LogP contribution in [-0.2, 0) is 7.05 Å². The number of aromatic nitrogens is 2. The Hall–Kier alpha value is -2.35. The van der Waals surface area contributed by atoms with Crippen LogP contribution in [0.4, 0.5) is 0 Å². The van der Waals surface area contributed by atoms with Crippen LogP contribution in [0.15, 0.2) is 72.9 Å². The van der Waals surface area contributed by atoms with Gasteiger partial charge in [-0.15, -0.1) is 0 Å². The third kappa shape index (κ3) is 2.17. The van der Waals surface area contributed by atoms with E-state index in [1.54, 1.807) is 0 Å². The van der Waals surface area contributed by atoms with Crippen molar-refractivity contribution in [3.8, 4) is 0 Å². The van der Waals surface area contributed by atoms with Crippen LogP contribution >= 0.6 is 0 Å². The van der Waals surface area contributed by atoms with E-state index in [9.17, 15) is 0 Å². The van der Waals surface area contributed by atoms with Gasteiger partial charge >= 0.3 is 0 Å². The second-order valence-electron chi connectivity index (χ2n) is 4.82. The van der Waals surface area contributed by atoms with Gasteiger partial charge in [0.05, 0.1) is 7.05 Å². The minimum absolute atomic E-state index is 1.23. The predicted molar refractivity (Wildman–Crippen MR) is 77.4 cm³/mol. The van der Waals surface area contributed by atoms with Crippen LogP contribution in [0.25, 0.3) is 5.70 Å². The first-order valence-corrected chi connectivity index (χ1v) is 6.44. The van der Waals surface area contributed by atoms with Gasteiger partial charge in [-0.05, 0) is 12.5 Å². The van der Waals surface area contributed by atoms with E-state index in [1.165, 1.54) is 22.4 Å². The SMILES string of the molecule is Cc1ccccc1C(=C1C=CC=C1)n1cc[n+](C)c1. The predicted octanol–water partition coefficient (Wildman–Crippen LogP) is 3.01. The van der Waals surface area contributed by atoms with Gasteiger partial charge in [0.15, 0.2) is 0 Å². The average Bonchev–Trinajstić information content (AvgIpc) is 3.05. The molecule has 0 saturated carbocycles. The largest absolute Gasteiger partial charge is 0.248 e. The zero-order valence-electron chi connectivity index (χ0n) is 11.2. The summed E-state index contributed by atoms with van der Waals surface area (Å²) >= 11 is 0. The zero-order chi connectivity index (χ0) is 13.2. The minimum Gasteiger partial charge on any atom is -0.239 e. The molecule has 0 aliphatic heterocycles. The van der Waals surface area contributed by atoms with Crippen molar-refractivity contribution in [1.29, 1.82) is 0 Å². The number of aryl methyl sites for hydroxylation is 2. The Morgan fingerprint density at radius 1 is 1.11 bits per heavy atom. The number of benzene rings is 1. The fraction of sp³-hybridized carbons (Fsp3) is 0.118. The highest BCUT2D eigenvalue weighted by molar-refractivity contribution is 5.76. The molecule has 3 rings (SSSR count). The van der Waals surface area contributed by atoms with Gasteiger partial charge in [0, 0.05) is 11.1 Å². The first-order chi connectivity index (χ1) is 9.25. The number of rotatable bonds is 2. The molecule has 19 heavy (non-hydrogen) atoms. The van der Waals surface area contributed by atoms with Crippen molar-refractivity contribution in [2.24, 2.45) is 7.05 Å². The summed E-state index contributed by atoms with van der Waals surface area (Å²) in [5.41, 5.74) is 5.02. The second-order valence-corrected chi connectivity index (χ2v) is 4.82. The molecule has 2 heteroatoms. The van der Waals surface area contributed by atoms with Crippen molar-refractivity contribution in [3.05, 3.63) is 84.0 Å². The Bertz CT molecular complexity index is 686. The maximum atomic E-state index is 2.18. The Morgan fingerprint density at radius 2 is 1.84 bits per heavy atom. The number of hydrogen-bond acceptors (Lipinski definition) is 0. The molecule has 2 aromatic rings. The number of hydrogen-bond donors (Lipinski definition) is 0. The molecule has 2 nitrogen and oxygen atoms in total. The van der Waals surface area contributed by atoms with Gasteiger partial charge in [-0.1, -0.05) is 48.6 Å². The van der Waals surface area contributed by atoms with Crippen molar-refractivity contribution >= 4 is 5.70 Å². The lowest BCUT2D eigenvalue weighted by Gasteiger charge is -2.09. The van der Waals surface area contributed by atoms with E-state index in [4.69, 9.17) is 0 Å². The lowest BCUT2D eigenvalue weighted by molar-refractivity contribution is -0.670. The summed E-state index contributed by atoms with van der Waals surface area (Å²) in [5, 5.41) is 0. The monoisotopic (exact) mass is 249 g/mol. The summed E-state index contributed by atoms with van der Waals surface area (Å²) in [5.74, 6) is 0. The lowest BCUT2D eigenvalue weighted by atomic mass is 10.0. The smallest absolute Gasteiger partial charge is 0.239 e. The third-order valence-corrected chi connectivity index (χ3v) is 3.36. The highest BCUT2D eigenvalue weighted by Gasteiger charge is 2.17. The van der Waals surface area contributed by atoms with Crippen LogP contribution in [0.3, 0.4) is 0 Å². The van der Waals surface area contributed by atoms with E-state index >= 15 is 0 Å². The average molecular weight is 249 g/mol. The molecular formula is C17H17N2+. The van der Waals surface area contributed by atoms with Crippen molar-refractivity contribution < 1.29 is 4.57 Å². The molecule has 0 spiro atoms. The maximum absolute atomic E-state index is 2.18. The fourth-order valence-corrected chi connectivity index (χ4v) is 2.40. The molecular weight excluding hydrogens is 232 g/mol. The topological polar surface area (TPSA) is 8.81 Å². The van der Waals surface area contributed by atoms with Gasteiger partial charge < -0.3 is 0 Å². The molecule has 0 atom stereocenters. The molecule has 0 N–H and O–H groups in total. The van der Waals surface area contributed by atoms with Crippen LogP contribution < -0.4 is 4.57 Å². The fourth-order valence-electron chi connectivity index (χ4n) is 2.40. The second kappa shape index (κ2) is 4.73. The molecule has 1 aromatic heterocycles. The molecule has 0 saturated heterocycles. The summed E-state index contributed by atoms with van der Waals surface area (Å²) in [6.07, 6.45) is 14.7. The Kier molecular flexibility index (Phi) is 2.92. The number of allylic oxidation sites excluding steroid dienone is 5. The first kappa shape index (κ1) is 11.7. The van der Waals surface area contributed by atoms with Gasteiger partial charge in [-0.25, -0.2) is 9.13 Å². The van der Waals surface area contributed by atoms with Gasteiger partial charge in [-0.3, -0.25) is 0 Å². The number of nitrogens with zero attached hydrogens (tertiary/aromatic N) is 2. The van der Waals surface area contributed by atoms with E-state index in [1.807, 2.05) is 7.05 Å². The van der Waals surface area contributed by atoms with Gasteiger partial charge in [-0.2, -0.15) is 0 Å². The van der Waals surface area contributed by atoms with Gasteiger partial charge in [0.1, 0.15) is 18.1 Å². The van der Waals surface area contributed by atoms with E-state index < -0.39 is 0 Å². The van der Waals surface area contributed by atoms with E-state index in [2.05, 4.69) is 83.3 Å². The summed E-state index contributed by atoms with van der Waals surface area (Å²) in [6, 6.07) is 8.51. The summed E-state index contributed by atoms with van der Waals surface area (Å²) in [6.45, 7) is 2.15. The molecule has 1 heterocycles. The number of imidazole rings is 1. The normalized spacial score (nSPS) is 13.3. The van der Waals surface area contributed by atoms with Crippen molar-refractivity contribution in [3.63, 3.8) is 0 Å². The van der Waals surface area contributed by atoms with E-state index in [0.717, 1.165) is 0 Å². The third-order valence-electron chi connectivity index (χ3n) is 3.36. The summed E-state index contributed by atoms with van der Waals surface area (Å²) in [7, 11) is 2.04. The quantitative estimate of drug-likeness (QED) is 0.723. The Morgan fingerprint density at radius 3 is 2.47 bits per heavy atom.